The smallest absolute Gasteiger partial charge is 0.164 e. The Kier molecular flexibility index (Phi) is 7.79. The van der Waals surface area contributed by atoms with Crippen LogP contribution in [0.2, 0.25) is 0 Å². The molecule has 0 aromatic rings. The predicted molar refractivity (Wildman–Crippen MR) is 109 cm³/mol. The van der Waals surface area contributed by atoms with Gasteiger partial charge in [-0.25, -0.2) is 8.42 Å². The van der Waals surface area contributed by atoms with Gasteiger partial charge in [-0.2, -0.15) is 0 Å². The molecule has 2 atom stereocenters. The van der Waals surface area contributed by atoms with Crippen LogP contribution < -0.4 is 0 Å². The monoisotopic (exact) mass is 366 g/mol. The Labute approximate surface area is 156 Å². The number of hydrogen-bond donors (Lipinski definition) is 0. The summed E-state index contributed by atoms with van der Waals surface area (Å²) in [5.41, 5.74) is 5.18. The largest absolute Gasteiger partial charge is 0.228 e. The van der Waals surface area contributed by atoms with Gasteiger partial charge in [0.2, 0.25) is 0 Å². The molecule has 0 saturated carbocycles. The molecule has 0 fully saturated rings. The fourth-order valence-electron chi connectivity index (χ4n) is 4.32. The topological polar surface area (TPSA) is 34.1 Å². The van der Waals surface area contributed by atoms with Crippen molar-refractivity contribution < 1.29 is 8.42 Å². The van der Waals surface area contributed by atoms with Crippen molar-refractivity contribution in [3.8, 4) is 0 Å². The zero-order valence-electron chi connectivity index (χ0n) is 16.9. The van der Waals surface area contributed by atoms with Gasteiger partial charge in [0, 0.05) is 0 Å². The Morgan fingerprint density at radius 2 is 1.12 bits per heavy atom. The van der Waals surface area contributed by atoms with Crippen molar-refractivity contribution in [2.24, 2.45) is 0 Å². The minimum atomic E-state index is -3.02. The second-order valence-electron chi connectivity index (χ2n) is 8.17. The van der Waals surface area contributed by atoms with Gasteiger partial charge in [0.05, 0.1) is 10.5 Å². The summed E-state index contributed by atoms with van der Waals surface area (Å²) in [5.74, 6) is 0. The van der Waals surface area contributed by atoms with E-state index in [1.807, 2.05) is 0 Å². The van der Waals surface area contributed by atoms with Gasteiger partial charge < -0.3 is 0 Å². The Hall–Kier alpha value is -0.570. The number of allylic oxidation sites excluding steroid dienone is 2. The van der Waals surface area contributed by atoms with E-state index in [1.54, 1.807) is 0 Å². The van der Waals surface area contributed by atoms with Crippen LogP contribution in [0.4, 0.5) is 0 Å². The van der Waals surface area contributed by atoms with E-state index < -0.39 is 9.84 Å². The standard InChI is InChI=1S/C22H38O2S/c1-5-7-9-11-13-19-15-21(17(19)3)25(23,24)22-16-20(18(22)4)14-12-10-8-6-2/h21-22H,5-16H2,1-4H3. The first-order valence-electron chi connectivity index (χ1n) is 10.5. The Morgan fingerprint density at radius 1 is 0.720 bits per heavy atom. The van der Waals surface area contributed by atoms with Gasteiger partial charge in [-0.1, -0.05) is 74.7 Å². The zero-order chi connectivity index (χ0) is 18.4. The molecule has 2 nitrogen and oxygen atoms in total. The van der Waals surface area contributed by atoms with Gasteiger partial charge >= 0.3 is 0 Å². The van der Waals surface area contributed by atoms with E-state index in [-0.39, 0.29) is 10.5 Å². The third kappa shape index (κ3) is 4.78. The second-order valence-corrected chi connectivity index (χ2v) is 10.5. The first kappa shape index (κ1) is 20.7. The molecular formula is C22H38O2S. The fourth-order valence-corrected chi connectivity index (χ4v) is 6.90. The molecule has 0 spiro atoms. The van der Waals surface area contributed by atoms with Crippen LogP contribution in [0.25, 0.3) is 0 Å². The van der Waals surface area contributed by atoms with Crippen molar-refractivity contribution in [3.63, 3.8) is 0 Å². The van der Waals surface area contributed by atoms with E-state index in [9.17, 15) is 8.42 Å². The maximum Gasteiger partial charge on any atom is 0.164 e. The number of sulfone groups is 1. The Balaban J connectivity index is 1.87. The fraction of sp³-hybridized carbons (Fsp3) is 0.818. The lowest BCUT2D eigenvalue weighted by Gasteiger charge is -2.39. The van der Waals surface area contributed by atoms with E-state index in [4.69, 9.17) is 0 Å². The molecule has 0 N–H and O–H groups in total. The summed E-state index contributed by atoms with van der Waals surface area (Å²) in [6.45, 7) is 8.57. The summed E-state index contributed by atoms with van der Waals surface area (Å²) >= 11 is 0. The summed E-state index contributed by atoms with van der Waals surface area (Å²) in [6, 6.07) is 0. The minimum Gasteiger partial charge on any atom is -0.228 e. The molecular weight excluding hydrogens is 328 g/mol. The van der Waals surface area contributed by atoms with E-state index in [0.29, 0.717) is 0 Å². The van der Waals surface area contributed by atoms with Crippen LogP contribution in [0.3, 0.4) is 0 Å². The van der Waals surface area contributed by atoms with Crippen LogP contribution in [0.5, 0.6) is 0 Å². The lowest BCUT2D eigenvalue weighted by molar-refractivity contribution is 0.545. The quantitative estimate of drug-likeness (QED) is 0.291. The van der Waals surface area contributed by atoms with E-state index in [0.717, 1.165) is 25.7 Å². The summed E-state index contributed by atoms with van der Waals surface area (Å²) < 4.78 is 26.0. The lowest BCUT2D eigenvalue weighted by atomic mass is 9.85. The molecule has 0 bridgehead atoms. The van der Waals surface area contributed by atoms with Gasteiger partial charge in [-0.15, -0.1) is 0 Å². The summed E-state index contributed by atoms with van der Waals surface area (Å²) in [4.78, 5) is 0. The molecule has 0 amide bonds. The molecule has 0 radical (unpaired) electrons. The van der Waals surface area contributed by atoms with Gasteiger partial charge in [0.1, 0.15) is 0 Å². The summed E-state index contributed by atoms with van der Waals surface area (Å²) in [5, 5.41) is -0.370. The number of hydrogen-bond acceptors (Lipinski definition) is 2. The predicted octanol–water partition coefficient (Wildman–Crippen LogP) is 6.52. The van der Waals surface area contributed by atoms with Gasteiger partial charge in [-0.3, -0.25) is 0 Å². The molecule has 0 aromatic heterocycles. The maximum absolute atomic E-state index is 13.0. The Bertz CT molecular complexity index is 562. The first-order valence-corrected chi connectivity index (χ1v) is 12.1. The molecule has 2 unspecified atom stereocenters. The van der Waals surface area contributed by atoms with E-state index in [1.165, 1.54) is 73.7 Å². The third-order valence-electron chi connectivity index (χ3n) is 6.40. The molecule has 0 aromatic carbocycles. The van der Waals surface area contributed by atoms with Crippen LogP contribution in [-0.4, -0.2) is 18.9 Å². The van der Waals surface area contributed by atoms with Crippen LogP contribution in [0, 0.1) is 0 Å². The highest BCUT2D eigenvalue weighted by molar-refractivity contribution is 7.93. The SMILES string of the molecule is CCCCCCC1=C(C)C(S(=O)(=O)C2CC(CCCCCC)=C2C)C1. The molecule has 3 heteroatoms. The van der Waals surface area contributed by atoms with Gasteiger partial charge in [0.25, 0.3) is 0 Å². The summed E-state index contributed by atoms with van der Waals surface area (Å²) in [7, 11) is -3.02. The molecule has 0 heterocycles. The Morgan fingerprint density at radius 3 is 1.44 bits per heavy atom. The van der Waals surface area contributed by atoms with E-state index in [2.05, 4.69) is 27.7 Å². The van der Waals surface area contributed by atoms with Gasteiger partial charge in [-0.05, 0) is 52.4 Å². The average Bonchev–Trinajstić information content (AvgIpc) is 2.57. The number of rotatable bonds is 12. The highest BCUT2D eigenvalue weighted by Crippen LogP contribution is 2.44. The van der Waals surface area contributed by atoms with Crippen molar-refractivity contribution in [2.75, 3.05) is 0 Å². The van der Waals surface area contributed by atoms with Crippen LogP contribution >= 0.6 is 0 Å². The molecule has 2 aliphatic rings. The highest BCUT2D eigenvalue weighted by atomic mass is 32.2. The third-order valence-corrected chi connectivity index (χ3v) is 9.03. The van der Waals surface area contributed by atoms with Crippen LogP contribution in [-0.2, 0) is 9.84 Å². The molecule has 0 saturated heterocycles. The molecule has 25 heavy (non-hydrogen) atoms. The first-order chi connectivity index (χ1) is 11.9. The van der Waals surface area contributed by atoms with Crippen LogP contribution in [0.15, 0.2) is 22.3 Å². The van der Waals surface area contributed by atoms with Crippen molar-refractivity contribution >= 4 is 9.84 Å². The van der Waals surface area contributed by atoms with Crippen molar-refractivity contribution in [1.29, 1.82) is 0 Å². The normalized spacial score (nSPS) is 23.7. The second kappa shape index (κ2) is 9.39. The average molecular weight is 367 g/mol. The van der Waals surface area contributed by atoms with Crippen LogP contribution in [0.1, 0.15) is 105 Å². The highest BCUT2D eigenvalue weighted by Gasteiger charge is 2.45. The van der Waals surface area contributed by atoms with E-state index >= 15 is 0 Å². The molecule has 2 rings (SSSR count). The van der Waals surface area contributed by atoms with Crippen molar-refractivity contribution in [1.82, 2.24) is 0 Å². The molecule has 144 valence electrons. The minimum absolute atomic E-state index is 0.185. The molecule has 0 aliphatic heterocycles. The summed E-state index contributed by atoms with van der Waals surface area (Å²) in [6.07, 6.45) is 13.9. The van der Waals surface area contributed by atoms with Crippen molar-refractivity contribution in [2.45, 2.75) is 115 Å². The van der Waals surface area contributed by atoms with Gasteiger partial charge in [0.15, 0.2) is 9.84 Å². The number of unbranched alkanes of at least 4 members (excludes halogenated alkanes) is 6. The molecule has 2 aliphatic carbocycles. The zero-order valence-corrected chi connectivity index (χ0v) is 17.7. The lowest BCUT2D eigenvalue weighted by Crippen LogP contribution is -2.42. The van der Waals surface area contributed by atoms with Crippen molar-refractivity contribution in [3.05, 3.63) is 22.3 Å². The maximum atomic E-state index is 13.0.